The molecule has 1 aliphatic carbocycles. The van der Waals surface area contributed by atoms with E-state index in [0.717, 1.165) is 12.0 Å². The Morgan fingerprint density at radius 3 is 2.42 bits per heavy atom. The van der Waals surface area contributed by atoms with Crippen molar-refractivity contribution in [2.45, 2.75) is 89.5 Å². The Kier molecular flexibility index (Phi) is 12.5. The van der Waals surface area contributed by atoms with Crippen LogP contribution < -0.4 is 10.6 Å². The Morgan fingerprint density at radius 1 is 1.11 bits per heavy atom. The van der Waals surface area contributed by atoms with Crippen LogP contribution >= 0.6 is 11.8 Å². The van der Waals surface area contributed by atoms with Gasteiger partial charge < -0.3 is 20.1 Å². The summed E-state index contributed by atoms with van der Waals surface area (Å²) in [5.74, 6) is 0.0956. The summed E-state index contributed by atoms with van der Waals surface area (Å²) in [5, 5.41) is 5.26. The number of ether oxygens (including phenoxy) is 2. The van der Waals surface area contributed by atoms with Gasteiger partial charge in [0.1, 0.15) is 12.6 Å². The van der Waals surface area contributed by atoms with Crippen LogP contribution in [0.15, 0.2) is 30.3 Å². The quantitative estimate of drug-likeness (QED) is 0.388. The molecule has 0 saturated heterocycles. The number of benzene rings is 1. The van der Waals surface area contributed by atoms with Crippen LogP contribution in [0.1, 0.15) is 58.9 Å². The number of alkyl carbamates (subject to hydrolysis) is 1. The normalized spacial score (nSPS) is 21.2. The van der Waals surface area contributed by atoms with Gasteiger partial charge >= 0.3 is 6.09 Å². The second kappa shape index (κ2) is 14.8. The molecular weight excluding hydrogens is 500 g/mol. The molecule has 204 valence electrons. The predicted molar refractivity (Wildman–Crippen MR) is 145 cm³/mol. The van der Waals surface area contributed by atoms with Crippen LogP contribution in [0.5, 0.6) is 0 Å². The van der Waals surface area contributed by atoms with E-state index in [1.165, 1.54) is 0 Å². The van der Waals surface area contributed by atoms with Crippen LogP contribution in [0.25, 0.3) is 0 Å². The van der Waals surface area contributed by atoms with Crippen LogP contribution in [0.2, 0.25) is 0 Å². The number of thioether (sulfide) groups is 1. The predicted octanol–water partition coefficient (Wildman–Crippen LogP) is 3.94. The van der Waals surface area contributed by atoms with Crippen molar-refractivity contribution in [3.8, 4) is 0 Å². The van der Waals surface area contributed by atoms with Gasteiger partial charge in [-0.3, -0.25) is 4.79 Å². The molecule has 0 radical (unpaired) electrons. The van der Waals surface area contributed by atoms with Gasteiger partial charge in [0.15, 0.2) is 9.84 Å². The lowest BCUT2D eigenvalue weighted by Crippen LogP contribution is -2.54. The molecule has 2 amide bonds. The average Bonchev–Trinajstić information content (AvgIpc) is 2.82. The third-order valence-corrected chi connectivity index (χ3v) is 9.30. The maximum absolute atomic E-state index is 13.3. The summed E-state index contributed by atoms with van der Waals surface area (Å²) in [5.41, 5.74) is 0.854. The molecule has 1 aromatic rings. The lowest BCUT2D eigenvalue weighted by atomic mass is 9.83. The number of amides is 2. The molecule has 2 rings (SSSR count). The Balaban J connectivity index is 2.06. The van der Waals surface area contributed by atoms with Crippen molar-refractivity contribution in [3.63, 3.8) is 0 Å². The Morgan fingerprint density at radius 2 is 1.81 bits per heavy atom. The van der Waals surface area contributed by atoms with Crippen molar-refractivity contribution >= 4 is 33.6 Å². The highest BCUT2D eigenvalue weighted by molar-refractivity contribution is 7.98. The lowest BCUT2D eigenvalue weighted by Gasteiger charge is -2.38. The minimum absolute atomic E-state index is 0.00437. The third-order valence-electron chi connectivity index (χ3n) is 6.32. The van der Waals surface area contributed by atoms with Crippen molar-refractivity contribution in [2.75, 3.05) is 17.8 Å². The highest BCUT2D eigenvalue weighted by atomic mass is 32.2. The van der Waals surface area contributed by atoms with E-state index in [-0.39, 0.29) is 42.4 Å². The fraction of sp³-hybridized carbons (Fsp3) is 0.692. The maximum atomic E-state index is 13.3. The zero-order valence-corrected chi connectivity index (χ0v) is 23.7. The first-order valence-electron chi connectivity index (χ1n) is 12.6. The van der Waals surface area contributed by atoms with E-state index in [4.69, 9.17) is 9.47 Å². The third kappa shape index (κ3) is 10.3. The molecule has 1 saturated carbocycles. The second-order valence-electron chi connectivity index (χ2n) is 9.91. The molecule has 2 N–H and O–H groups in total. The Labute approximate surface area is 220 Å². The molecule has 0 heterocycles. The van der Waals surface area contributed by atoms with Crippen molar-refractivity contribution in [1.29, 1.82) is 0 Å². The van der Waals surface area contributed by atoms with E-state index in [2.05, 4.69) is 10.6 Å². The molecule has 0 spiro atoms. The monoisotopic (exact) mass is 542 g/mol. The standard InChI is InChI=1S/C26H42N2O6S2/c1-18(2)34-22-11-12-23(21(15-22)17-36(31,32)19(3)4)27-25(29)24(13-14-35-5)28-26(30)33-16-20-9-7-6-8-10-20/h6-10,18-19,21-24H,11-17H2,1-5H3,(H,27,29)(H,28,30)/t21-,22-,23-,24?/m0/s1. The summed E-state index contributed by atoms with van der Waals surface area (Å²) < 4.78 is 36.8. The molecular formula is C26H42N2O6S2. The Hall–Kier alpha value is -1.78. The fourth-order valence-electron chi connectivity index (χ4n) is 4.29. The minimum Gasteiger partial charge on any atom is -0.445 e. The zero-order valence-electron chi connectivity index (χ0n) is 22.1. The first-order valence-corrected chi connectivity index (χ1v) is 15.8. The molecule has 4 atom stereocenters. The van der Waals surface area contributed by atoms with E-state index in [1.807, 2.05) is 50.4 Å². The molecule has 8 nitrogen and oxygen atoms in total. The molecule has 10 heteroatoms. The molecule has 1 fully saturated rings. The first kappa shape index (κ1) is 30.4. The molecule has 1 aliphatic rings. The van der Waals surface area contributed by atoms with Gasteiger partial charge in [0.25, 0.3) is 0 Å². The number of sulfone groups is 1. The molecule has 1 aromatic carbocycles. The molecule has 1 unspecified atom stereocenters. The lowest BCUT2D eigenvalue weighted by molar-refractivity contribution is -0.125. The minimum atomic E-state index is -3.31. The SMILES string of the molecule is CSCCC(NC(=O)OCc1ccccc1)C(=O)N[C@H]1CC[C@H](OC(C)C)C[C@H]1CS(=O)(=O)C(C)C. The van der Waals surface area contributed by atoms with Gasteiger partial charge in [-0.25, -0.2) is 13.2 Å². The van der Waals surface area contributed by atoms with E-state index in [0.29, 0.717) is 25.0 Å². The van der Waals surface area contributed by atoms with Gasteiger partial charge in [0.2, 0.25) is 5.91 Å². The van der Waals surface area contributed by atoms with Crippen LogP contribution in [0.4, 0.5) is 4.79 Å². The summed E-state index contributed by atoms with van der Waals surface area (Å²) >= 11 is 1.58. The van der Waals surface area contributed by atoms with Gasteiger partial charge in [-0.2, -0.15) is 11.8 Å². The molecule has 0 bridgehead atoms. The van der Waals surface area contributed by atoms with Crippen LogP contribution in [-0.4, -0.2) is 67.7 Å². The molecule has 36 heavy (non-hydrogen) atoms. The van der Waals surface area contributed by atoms with Crippen LogP contribution in [0, 0.1) is 5.92 Å². The topological polar surface area (TPSA) is 111 Å². The first-order chi connectivity index (χ1) is 17.0. The largest absolute Gasteiger partial charge is 0.445 e. The summed E-state index contributed by atoms with van der Waals surface area (Å²) in [6, 6.07) is 8.24. The molecule has 0 aliphatic heterocycles. The van der Waals surface area contributed by atoms with Gasteiger partial charge in [-0.05, 0) is 76.9 Å². The van der Waals surface area contributed by atoms with Crippen LogP contribution in [-0.2, 0) is 30.7 Å². The molecule has 0 aromatic heterocycles. The number of nitrogens with one attached hydrogen (secondary N) is 2. The summed E-state index contributed by atoms with van der Waals surface area (Å²) in [7, 11) is -3.31. The van der Waals surface area contributed by atoms with Crippen molar-refractivity contribution in [1.82, 2.24) is 10.6 Å². The number of hydrogen-bond acceptors (Lipinski definition) is 7. The summed E-state index contributed by atoms with van der Waals surface area (Å²) in [6.07, 6.45) is 3.65. The van der Waals surface area contributed by atoms with Crippen LogP contribution in [0.3, 0.4) is 0 Å². The zero-order chi connectivity index (χ0) is 26.7. The van der Waals surface area contributed by atoms with Gasteiger partial charge in [0.05, 0.1) is 23.2 Å². The van der Waals surface area contributed by atoms with Crippen molar-refractivity contribution in [3.05, 3.63) is 35.9 Å². The second-order valence-corrected chi connectivity index (χ2v) is 13.5. The Bertz CT molecular complexity index is 924. The van der Waals surface area contributed by atoms with E-state index >= 15 is 0 Å². The number of carbonyl (C=O) groups excluding carboxylic acids is 2. The maximum Gasteiger partial charge on any atom is 0.408 e. The van der Waals surface area contributed by atoms with Gasteiger partial charge in [-0.1, -0.05) is 30.3 Å². The van der Waals surface area contributed by atoms with Gasteiger partial charge in [0, 0.05) is 6.04 Å². The van der Waals surface area contributed by atoms with Gasteiger partial charge in [-0.15, -0.1) is 0 Å². The number of rotatable bonds is 13. The summed E-state index contributed by atoms with van der Waals surface area (Å²) in [6.45, 7) is 7.40. The fourth-order valence-corrected chi connectivity index (χ4v) is 6.11. The summed E-state index contributed by atoms with van der Waals surface area (Å²) in [4.78, 5) is 25.7. The van der Waals surface area contributed by atoms with E-state index in [9.17, 15) is 18.0 Å². The highest BCUT2D eigenvalue weighted by Crippen LogP contribution is 2.30. The average molecular weight is 543 g/mol. The van der Waals surface area contributed by atoms with E-state index in [1.54, 1.807) is 25.6 Å². The van der Waals surface area contributed by atoms with E-state index < -0.39 is 27.2 Å². The number of carbonyl (C=O) groups is 2. The number of hydrogen-bond donors (Lipinski definition) is 2. The smallest absolute Gasteiger partial charge is 0.408 e. The highest BCUT2D eigenvalue weighted by Gasteiger charge is 2.37. The van der Waals surface area contributed by atoms with Crippen molar-refractivity contribution < 1.29 is 27.5 Å². The van der Waals surface area contributed by atoms with Crippen molar-refractivity contribution in [2.24, 2.45) is 5.92 Å².